The topological polar surface area (TPSA) is 230 Å². The van der Waals surface area contributed by atoms with Gasteiger partial charge in [0, 0.05) is 18.8 Å². The molecule has 0 unspecified atom stereocenters. The molecule has 0 aromatic heterocycles. The van der Waals surface area contributed by atoms with Gasteiger partial charge in [-0.15, -0.1) is 0 Å². The van der Waals surface area contributed by atoms with Crippen LogP contribution in [0.1, 0.15) is 44.1 Å². The quantitative estimate of drug-likeness (QED) is 0.0547. The standard InChI is InChI=1S/C28H43N7O8/c29-27(41)20-12-21(13-20)43-18-34-25(39)15-33-28(42)22(11-19-7-3-1-4-8-19)35-26(40)16-32-24(38)14-31-23(37)9-5-2-6-10-30-17-36/h1,3-4,7-8,20-22,30,36H,2,5-6,9-18H2,(H2,29,41)(H,31,37)(H,32,38)(H,33,42)(H,34,39)(H,35,40)/t20-,21+,22-/m0/s1. The van der Waals surface area contributed by atoms with Crippen LogP contribution >= 0.6 is 0 Å². The third-order valence-corrected chi connectivity index (χ3v) is 6.70. The number of aliphatic hydroxyl groups excluding tert-OH is 1. The molecule has 2 rings (SSSR count). The number of rotatable bonds is 21. The molecule has 238 valence electrons. The lowest BCUT2D eigenvalue weighted by atomic mass is 9.82. The number of amides is 6. The highest BCUT2D eigenvalue weighted by Crippen LogP contribution is 2.29. The zero-order valence-electron chi connectivity index (χ0n) is 24.2. The molecule has 1 aliphatic rings. The number of benzene rings is 1. The number of carbonyl (C=O) groups is 6. The van der Waals surface area contributed by atoms with Crippen molar-refractivity contribution in [3.8, 4) is 0 Å². The maximum absolute atomic E-state index is 12.9. The fraction of sp³-hybridized carbons (Fsp3) is 0.571. The van der Waals surface area contributed by atoms with Gasteiger partial charge in [-0.3, -0.25) is 34.1 Å². The number of hydrogen-bond donors (Lipinski definition) is 8. The molecule has 0 aliphatic heterocycles. The van der Waals surface area contributed by atoms with Gasteiger partial charge in [0.05, 0.1) is 32.5 Å². The minimum atomic E-state index is -1.02. The van der Waals surface area contributed by atoms with Gasteiger partial charge in [0.2, 0.25) is 35.4 Å². The Hall–Kier alpha value is -4.08. The number of ether oxygens (including phenoxy) is 1. The maximum atomic E-state index is 12.9. The largest absolute Gasteiger partial charge is 0.381 e. The van der Waals surface area contributed by atoms with E-state index in [9.17, 15) is 28.8 Å². The summed E-state index contributed by atoms with van der Waals surface area (Å²) < 4.78 is 5.45. The summed E-state index contributed by atoms with van der Waals surface area (Å²) in [7, 11) is 0. The molecule has 1 aromatic rings. The number of hydrogen-bond acceptors (Lipinski definition) is 9. The third kappa shape index (κ3) is 15.1. The second-order valence-electron chi connectivity index (χ2n) is 10.2. The molecule has 1 aromatic carbocycles. The van der Waals surface area contributed by atoms with Crippen LogP contribution in [-0.4, -0.2) is 92.3 Å². The van der Waals surface area contributed by atoms with Gasteiger partial charge in [0.15, 0.2) is 0 Å². The van der Waals surface area contributed by atoms with Crippen LogP contribution < -0.4 is 37.6 Å². The van der Waals surface area contributed by atoms with Crippen molar-refractivity contribution in [1.29, 1.82) is 0 Å². The van der Waals surface area contributed by atoms with Crippen LogP contribution in [0.4, 0.5) is 0 Å². The number of nitrogens with two attached hydrogens (primary N) is 1. The van der Waals surface area contributed by atoms with Gasteiger partial charge < -0.3 is 42.2 Å². The molecule has 0 bridgehead atoms. The Bertz CT molecular complexity index is 1070. The molecule has 0 heterocycles. The average Bonchev–Trinajstić information content (AvgIpc) is 2.96. The SMILES string of the molecule is NC(=O)[C@H]1C[C@@H](OCNC(=O)CNC(=O)[C@H](Cc2ccccc2)NC(=O)CNC(=O)CNC(=O)CCCCCNCO)C1. The Morgan fingerprint density at radius 1 is 0.837 bits per heavy atom. The van der Waals surface area contributed by atoms with E-state index in [1.54, 1.807) is 24.3 Å². The molecule has 15 nitrogen and oxygen atoms in total. The van der Waals surface area contributed by atoms with Gasteiger partial charge in [0.1, 0.15) is 12.8 Å². The van der Waals surface area contributed by atoms with Crippen LogP contribution in [0, 0.1) is 5.92 Å². The first-order valence-corrected chi connectivity index (χ1v) is 14.3. The van der Waals surface area contributed by atoms with Gasteiger partial charge in [-0.25, -0.2) is 0 Å². The Morgan fingerprint density at radius 2 is 1.49 bits per heavy atom. The molecule has 1 fully saturated rings. The second kappa shape index (κ2) is 19.9. The monoisotopic (exact) mass is 605 g/mol. The average molecular weight is 606 g/mol. The summed E-state index contributed by atoms with van der Waals surface area (Å²) in [5.74, 6) is -3.16. The van der Waals surface area contributed by atoms with E-state index >= 15 is 0 Å². The molecule has 9 N–H and O–H groups in total. The molecule has 0 spiro atoms. The van der Waals surface area contributed by atoms with Crippen molar-refractivity contribution < 1.29 is 38.6 Å². The summed E-state index contributed by atoms with van der Waals surface area (Å²) in [6.45, 7) is -0.582. The zero-order chi connectivity index (χ0) is 31.5. The van der Waals surface area contributed by atoms with Crippen LogP contribution in [0.25, 0.3) is 0 Å². The van der Waals surface area contributed by atoms with Crippen molar-refractivity contribution in [2.45, 2.75) is 57.1 Å². The van der Waals surface area contributed by atoms with E-state index in [1.165, 1.54) is 0 Å². The van der Waals surface area contributed by atoms with Crippen molar-refractivity contribution in [3.05, 3.63) is 35.9 Å². The molecule has 0 saturated heterocycles. The van der Waals surface area contributed by atoms with Gasteiger partial charge in [-0.1, -0.05) is 36.8 Å². The summed E-state index contributed by atoms with van der Waals surface area (Å²) in [6.07, 6.45) is 3.50. The number of primary amides is 1. The molecule has 1 atom stereocenters. The number of aliphatic hydroxyl groups is 1. The molecular formula is C28H43N7O8. The number of nitrogens with one attached hydrogen (secondary N) is 6. The smallest absolute Gasteiger partial charge is 0.243 e. The second-order valence-corrected chi connectivity index (χ2v) is 10.2. The summed E-state index contributed by atoms with van der Waals surface area (Å²) in [5.41, 5.74) is 5.99. The normalized spacial score (nSPS) is 16.2. The molecule has 1 aliphatic carbocycles. The highest BCUT2D eigenvalue weighted by Gasteiger charge is 2.33. The minimum Gasteiger partial charge on any atom is -0.381 e. The van der Waals surface area contributed by atoms with Gasteiger partial charge in [-0.05, 0) is 37.8 Å². The Kier molecular flexibility index (Phi) is 16.3. The van der Waals surface area contributed by atoms with Crippen LogP contribution in [0.3, 0.4) is 0 Å². The van der Waals surface area contributed by atoms with Crippen LogP contribution in [0.15, 0.2) is 30.3 Å². The maximum Gasteiger partial charge on any atom is 0.243 e. The van der Waals surface area contributed by atoms with Crippen molar-refractivity contribution in [3.63, 3.8) is 0 Å². The number of carbonyl (C=O) groups excluding carboxylic acids is 6. The molecular weight excluding hydrogens is 562 g/mol. The van der Waals surface area contributed by atoms with E-state index in [-0.39, 0.29) is 63.2 Å². The molecule has 6 amide bonds. The van der Waals surface area contributed by atoms with E-state index in [0.29, 0.717) is 25.8 Å². The van der Waals surface area contributed by atoms with Gasteiger partial charge in [-0.2, -0.15) is 0 Å². The van der Waals surface area contributed by atoms with Crippen molar-refractivity contribution in [2.24, 2.45) is 11.7 Å². The van der Waals surface area contributed by atoms with Gasteiger partial charge in [0.25, 0.3) is 0 Å². The lowest BCUT2D eigenvalue weighted by Crippen LogP contribution is -2.52. The van der Waals surface area contributed by atoms with Crippen LogP contribution in [-0.2, 0) is 39.9 Å². The molecule has 1 saturated carbocycles. The van der Waals surface area contributed by atoms with E-state index in [2.05, 4.69) is 31.9 Å². The highest BCUT2D eigenvalue weighted by molar-refractivity contribution is 5.92. The van der Waals surface area contributed by atoms with Gasteiger partial charge >= 0.3 is 0 Å². The molecule has 0 radical (unpaired) electrons. The lowest BCUT2D eigenvalue weighted by molar-refractivity contribution is -0.134. The summed E-state index contributed by atoms with van der Waals surface area (Å²) in [4.78, 5) is 72.6. The number of unbranched alkanes of at least 4 members (excludes halogenated alkanes) is 2. The Labute approximate surface area is 250 Å². The minimum absolute atomic E-state index is 0.0850. The lowest BCUT2D eigenvalue weighted by Gasteiger charge is -2.32. The molecule has 43 heavy (non-hydrogen) atoms. The first-order chi connectivity index (χ1) is 20.7. The first-order valence-electron chi connectivity index (χ1n) is 14.3. The summed E-state index contributed by atoms with van der Waals surface area (Å²) in [5, 5.41) is 23.9. The van der Waals surface area contributed by atoms with Crippen molar-refractivity contribution >= 4 is 35.4 Å². The van der Waals surface area contributed by atoms with Crippen molar-refractivity contribution in [1.82, 2.24) is 31.9 Å². The fourth-order valence-corrected chi connectivity index (χ4v) is 4.13. The predicted octanol–water partition coefficient (Wildman–Crippen LogP) is -2.48. The zero-order valence-corrected chi connectivity index (χ0v) is 24.2. The van der Waals surface area contributed by atoms with E-state index in [0.717, 1.165) is 18.4 Å². The predicted molar refractivity (Wildman–Crippen MR) is 154 cm³/mol. The summed E-state index contributed by atoms with van der Waals surface area (Å²) in [6, 6.07) is 7.94. The van der Waals surface area contributed by atoms with Crippen LogP contribution in [0.2, 0.25) is 0 Å². The highest BCUT2D eigenvalue weighted by atomic mass is 16.5. The van der Waals surface area contributed by atoms with E-state index < -0.39 is 36.2 Å². The Morgan fingerprint density at radius 3 is 2.19 bits per heavy atom. The first kappa shape index (κ1) is 35.1. The summed E-state index contributed by atoms with van der Waals surface area (Å²) >= 11 is 0. The molecule has 15 heteroatoms. The third-order valence-electron chi connectivity index (χ3n) is 6.70. The Balaban J connectivity index is 1.71. The van der Waals surface area contributed by atoms with E-state index in [1.807, 2.05) is 6.07 Å². The fourth-order valence-electron chi connectivity index (χ4n) is 4.13. The van der Waals surface area contributed by atoms with Crippen LogP contribution in [0.5, 0.6) is 0 Å². The van der Waals surface area contributed by atoms with E-state index in [4.69, 9.17) is 15.6 Å². The van der Waals surface area contributed by atoms with Crippen molar-refractivity contribution in [2.75, 3.05) is 39.6 Å².